The van der Waals surface area contributed by atoms with E-state index in [4.69, 9.17) is 0 Å². The molecule has 0 radical (unpaired) electrons. The van der Waals surface area contributed by atoms with E-state index in [2.05, 4.69) is 21.3 Å². The lowest BCUT2D eigenvalue weighted by Crippen LogP contribution is -2.64. The van der Waals surface area contributed by atoms with E-state index in [9.17, 15) is 23.2 Å². The molecule has 9 nitrogen and oxygen atoms in total. The molecule has 1 aliphatic heterocycles. The van der Waals surface area contributed by atoms with Crippen molar-refractivity contribution in [1.29, 1.82) is 5.26 Å². The summed E-state index contributed by atoms with van der Waals surface area (Å²) in [6.45, 7) is -0.178. The van der Waals surface area contributed by atoms with Gasteiger partial charge in [0.2, 0.25) is 10.0 Å². The van der Waals surface area contributed by atoms with Crippen molar-refractivity contribution in [1.82, 2.24) is 24.3 Å². The second-order valence-electron chi connectivity index (χ2n) is 8.67. The smallest absolute Gasteiger partial charge is 0.211 e. The Labute approximate surface area is 201 Å². The Hall–Kier alpha value is -3.72. The maximum atomic E-state index is 13.9. The van der Waals surface area contributed by atoms with Crippen molar-refractivity contribution in [3.8, 4) is 28.5 Å². The number of halogens is 1. The number of fused-ring (bicyclic) bond motifs is 1. The molecule has 2 aromatic carbocycles. The fourth-order valence-corrected chi connectivity index (χ4v) is 5.30. The van der Waals surface area contributed by atoms with Crippen molar-refractivity contribution in [3.05, 3.63) is 66.2 Å². The second kappa shape index (κ2) is 8.49. The third-order valence-electron chi connectivity index (χ3n) is 6.28. The average Bonchev–Trinajstić information content (AvgIpc) is 3.30. The number of pyridine rings is 1. The first-order valence-corrected chi connectivity index (χ1v) is 12.6. The van der Waals surface area contributed by atoms with Crippen LogP contribution in [0.4, 0.5) is 4.39 Å². The summed E-state index contributed by atoms with van der Waals surface area (Å²) < 4.78 is 39.0. The molecule has 0 spiro atoms. The summed E-state index contributed by atoms with van der Waals surface area (Å²) in [5.41, 5.74) is 2.78. The third kappa shape index (κ3) is 4.05. The highest BCUT2D eigenvalue weighted by Crippen LogP contribution is 2.36. The molecule has 1 fully saturated rings. The average molecular weight is 493 g/mol. The second-order valence-corrected chi connectivity index (χ2v) is 10.7. The Morgan fingerprint density at radius 1 is 1.20 bits per heavy atom. The van der Waals surface area contributed by atoms with Crippen LogP contribution >= 0.6 is 0 Å². The molecule has 2 aromatic heterocycles. The molecular formula is C24H21FN6O3S. The normalized spacial score (nSPS) is 15.6. The van der Waals surface area contributed by atoms with Crippen molar-refractivity contribution in [3.63, 3.8) is 0 Å². The molecule has 1 saturated heterocycles. The summed E-state index contributed by atoms with van der Waals surface area (Å²) in [5.74, 6) is -0.482. The minimum Gasteiger partial charge on any atom is -0.392 e. The van der Waals surface area contributed by atoms with E-state index < -0.39 is 28.0 Å². The first-order chi connectivity index (χ1) is 16.7. The molecule has 4 aromatic rings. The lowest BCUT2D eigenvalue weighted by Gasteiger charge is -2.46. The van der Waals surface area contributed by atoms with Gasteiger partial charge in [-0.25, -0.2) is 12.8 Å². The van der Waals surface area contributed by atoms with Crippen molar-refractivity contribution < 1.29 is 17.9 Å². The van der Waals surface area contributed by atoms with Gasteiger partial charge in [-0.2, -0.15) is 24.6 Å². The van der Waals surface area contributed by atoms with E-state index in [0.29, 0.717) is 16.8 Å². The van der Waals surface area contributed by atoms with E-state index in [1.165, 1.54) is 15.2 Å². The fourth-order valence-electron chi connectivity index (χ4n) is 4.35. The number of rotatable bonds is 6. The van der Waals surface area contributed by atoms with Crippen molar-refractivity contribution in [2.75, 3.05) is 19.3 Å². The summed E-state index contributed by atoms with van der Waals surface area (Å²) in [4.78, 5) is 5.90. The van der Waals surface area contributed by atoms with Gasteiger partial charge in [-0.15, -0.1) is 0 Å². The van der Waals surface area contributed by atoms with Gasteiger partial charge >= 0.3 is 0 Å². The predicted molar refractivity (Wildman–Crippen MR) is 127 cm³/mol. The van der Waals surface area contributed by atoms with Gasteiger partial charge in [0.05, 0.1) is 37.1 Å². The zero-order valence-corrected chi connectivity index (χ0v) is 19.6. The molecule has 5 rings (SSSR count). The molecule has 1 N–H and O–H groups in total. The zero-order chi connectivity index (χ0) is 24.8. The Morgan fingerprint density at radius 3 is 2.71 bits per heavy atom. The molecule has 0 bridgehead atoms. The van der Waals surface area contributed by atoms with Gasteiger partial charge in [-0.05, 0) is 41.5 Å². The molecule has 3 heterocycles. The van der Waals surface area contributed by atoms with Crippen LogP contribution in [0.15, 0.2) is 54.9 Å². The fraction of sp³-hybridized carbons (Fsp3) is 0.250. The number of nitrogens with zero attached hydrogens (tertiary/aromatic N) is 6. The van der Waals surface area contributed by atoms with E-state index in [1.54, 1.807) is 24.5 Å². The third-order valence-corrected chi connectivity index (χ3v) is 7.48. The van der Waals surface area contributed by atoms with Crippen molar-refractivity contribution in [2.24, 2.45) is 0 Å². The van der Waals surface area contributed by atoms with Crippen LogP contribution in [-0.4, -0.2) is 57.2 Å². The van der Waals surface area contributed by atoms with Gasteiger partial charge in [0.15, 0.2) is 0 Å². The lowest BCUT2D eigenvalue weighted by molar-refractivity contribution is 0.0579. The van der Waals surface area contributed by atoms with Crippen molar-refractivity contribution >= 4 is 20.9 Å². The summed E-state index contributed by atoms with van der Waals surface area (Å²) >= 11 is 0. The molecule has 0 atom stereocenters. The Kier molecular flexibility index (Phi) is 5.59. The van der Waals surface area contributed by atoms with Crippen LogP contribution in [0.1, 0.15) is 12.0 Å². The summed E-state index contributed by atoms with van der Waals surface area (Å²) in [6, 6.07) is 14.2. The van der Waals surface area contributed by atoms with Gasteiger partial charge in [0, 0.05) is 35.8 Å². The standard InChI is InChI=1S/C24H21FN6O3S/c1-35(33,34)30-14-24(15-30,6-7-26)31-28-12-23(29-31)20-10-17(11-22-19(20)3-2-8-27-22)16-4-5-21(25)18(9-16)13-32/h2-5,8-12,32H,6,13-15H2,1H3. The van der Waals surface area contributed by atoms with Gasteiger partial charge in [0.25, 0.3) is 0 Å². The van der Waals surface area contributed by atoms with Crippen LogP contribution in [0.3, 0.4) is 0 Å². The van der Waals surface area contributed by atoms with Gasteiger partial charge in [0.1, 0.15) is 17.1 Å². The highest BCUT2D eigenvalue weighted by atomic mass is 32.2. The van der Waals surface area contributed by atoms with E-state index >= 15 is 0 Å². The monoisotopic (exact) mass is 492 g/mol. The molecule has 178 valence electrons. The predicted octanol–water partition coefficient (Wildman–Crippen LogP) is 2.68. The Bertz CT molecular complexity index is 1590. The molecule has 0 unspecified atom stereocenters. The molecule has 1 aliphatic rings. The lowest BCUT2D eigenvalue weighted by atomic mass is 9.90. The van der Waals surface area contributed by atoms with Crippen LogP contribution in [0.5, 0.6) is 0 Å². The molecular weight excluding hydrogens is 471 g/mol. The minimum atomic E-state index is -3.38. The van der Waals surface area contributed by atoms with Gasteiger partial charge in [-0.3, -0.25) is 4.98 Å². The maximum Gasteiger partial charge on any atom is 0.211 e. The number of nitriles is 1. The van der Waals surface area contributed by atoms with Crippen LogP contribution in [0.25, 0.3) is 33.3 Å². The number of hydrogen-bond acceptors (Lipinski definition) is 7. The summed E-state index contributed by atoms with van der Waals surface area (Å²) in [5, 5.41) is 28.7. The molecule has 35 heavy (non-hydrogen) atoms. The van der Waals surface area contributed by atoms with E-state index in [-0.39, 0.29) is 25.1 Å². The van der Waals surface area contributed by atoms with E-state index in [0.717, 1.165) is 22.8 Å². The number of hydrogen-bond donors (Lipinski definition) is 1. The van der Waals surface area contributed by atoms with Crippen LogP contribution in [0.2, 0.25) is 0 Å². The SMILES string of the molecule is CS(=O)(=O)N1CC(CC#N)(n2ncc(-c3cc(-c4ccc(F)c(CO)c4)cc4ncccc34)n2)C1. The number of aromatic nitrogens is 4. The highest BCUT2D eigenvalue weighted by molar-refractivity contribution is 7.88. The van der Waals surface area contributed by atoms with Crippen LogP contribution < -0.4 is 0 Å². The largest absolute Gasteiger partial charge is 0.392 e. The van der Waals surface area contributed by atoms with Crippen LogP contribution in [-0.2, 0) is 22.2 Å². The highest BCUT2D eigenvalue weighted by Gasteiger charge is 2.50. The zero-order valence-electron chi connectivity index (χ0n) is 18.8. The first-order valence-electron chi connectivity index (χ1n) is 10.8. The topological polar surface area (TPSA) is 125 Å². The first kappa shape index (κ1) is 23.0. The molecule has 11 heteroatoms. The molecule has 0 aliphatic carbocycles. The number of aliphatic hydroxyl groups is 1. The molecule has 0 saturated carbocycles. The van der Waals surface area contributed by atoms with Crippen LogP contribution in [0, 0.1) is 17.1 Å². The number of sulfonamides is 1. The number of benzene rings is 2. The Balaban J connectivity index is 1.60. The van der Waals surface area contributed by atoms with Gasteiger partial charge < -0.3 is 5.11 Å². The van der Waals surface area contributed by atoms with E-state index in [1.807, 2.05) is 24.3 Å². The summed E-state index contributed by atoms with van der Waals surface area (Å²) in [6.07, 6.45) is 4.45. The Morgan fingerprint density at radius 2 is 2.00 bits per heavy atom. The summed E-state index contributed by atoms with van der Waals surface area (Å²) in [7, 11) is -3.38. The molecule has 0 amide bonds. The maximum absolute atomic E-state index is 13.9. The number of aliphatic hydroxyl groups excluding tert-OH is 1. The minimum absolute atomic E-state index is 0.0645. The quantitative estimate of drug-likeness (QED) is 0.439. The van der Waals surface area contributed by atoms with Crippen molar-refractivity contribution in [2.45, 2.75) is 18.6 Å². The van der Waals surface area contributed by atoms with Gasteiger partial charge in [-0.1, -0.05) is 12.1 Å².